The van der Waals surface area contributed by atoms with Gasteiger partial charge in [0.15, 0.2) is 6.04 Å². The molecule has 3 aliphatic heterocycles. The average Bonchev–Trinajstić information content (AvgIpc) is 3.03. The summed E-state index contributed by atoms with van der Waals surface area (Å²) in [5.74, 6) is 0. The van der Waals surface area contributed by atoms with E-state index in [0.29, 0.717) is 0 Å². The molecule has 45 heavy (non-hydrogen) atoms. The Morgan fingerprint density at radius 2 is 1.40 bits per heavy atom. The van der Waals surface area contributed by atoms with Crippen LogP contribution in [-0.2, 0) is 9.47 Å². The lowest BCUT2D eigenvalue weighted by Gasteiger charge is -2.44. The van der Waals surface area contributed by atoms with Gasteiger partial charge in [-0.05, 0) is 31.2 Å². The van der Waals surface area contributed by atoms with Crippen molar-refractivity contribution in [2.45, 2.75) is 87.0 Å². The lowest BCUT2D eigenvalue weighted by molar-refractivity contribution is -0.235. The molecule has 0 saturated carbocycles. The third-order valence-corrected chi connectivity index (χ3v) is 10.3. The fourth-order valence-electron chi connectivity index (χ4n) is 6.01. The van der Waals surface area contributed by atoms with Crippen LogP contribution in [0.3, 0.4) is 0 Å². The van der Waals surface area contributed by atoms with E-state index in [9.17, 15) is 40.9 Å². The van der Waals surface area contributed by atoms with E-state index in [-0.39, 0.29) is 17.0 Å². The third kappa shape index (κ3) is 6.77. The summed E-state index contributed by atoms with van der Waals surface area (Å²) < 4.78 is 14.4. The number of aliphatic hydroxyl groups excluding tert-OH is 8. The summed E-state index contributed by atoms with van der Waals surface area (Å²) in [7, 11) is 3.67. The Labute approximate surface area is 275 Å². The largest absolute Gasteiger partial charge is 1.00 e. The number of aromatic nitrogens is 1. The SMILES string of the molecule is CC([C@@H]1O[C@H](CO)[C@@H](O)[C@H](O)[C@H]1O)N(C)c1ccc2nc3ccc(=[N+](C)C(C)[C@@H]4O[C@H](CO)[C@@H](O)[C@H](O)[C@H]4O)cc-3sc2c1.[Br-]. The molecule has 1 aliphatic carbocycles. The highest BCUT2D eigenvalue weighted by atomic mass is 79.9. The molecule has 0 radical (unpaired) electrons. The van der Waals surface area contributed by atoms with E-state index >= 15 is 0 Å². The Morgan fingerprint density at radius 1 is 0.822 bits per heavy atom. The first-order valence-corrected chi connectivity index (χ1v) is 15.4. The molecule has 1 aromatic rings. The van der Waals surface area contributed by atoms with Gasteiger partial charge < -0.3 is 72.2 Å². The number of aliphatic hydroxyl groups is 8. The van der Waals surface area contributed by atoms with Crippen LogP contribution in [0.5, 0.6) is 0 Å². The van der Waals surface area contributed by atoms with Gasteiger partial charge in [-0.2, -0.15) is 0 Å². The van der Waals surface area contributed by atoms with Crippen LogP contribution in [0.4, 0.5) is 5.69 Å². The molecule has 5 rings (SSSR count). The Morgan fingerprint density at radius 3 is 2.00 bits per heavy atom. The number of likely N-dealkylation sites (N-methyl/N-ethyl adjacent to an activating group) is 2. The zero-order chi connectivity index (χ0) is 32.0. The van der Waals surface area contributed by atoms with E-state index in [2.05, 4.69) is 0 Å². The van der Waals surface area contributed by atoms with Gasteiger partial charge in [-0.1, -0.05) is 0 Å². The highest BCUT2D eigenvalue weighted by Gasteiger charge is 2.48. The van der Waals surface area contributed by atoms with E-state index < -0.39 is 86.3 Å². The van der Waals surface area contributed by atoms with Crippen LogP contribution >= 0.6 is 11.3 Å². The Bertz CT molecular complexity index is 1490. The second-order valence-electron chi connectivity index (χ2n) is 11.8. The summed E-state index contributed by atoms with van der Waals surface area (Å²) in [6.07, 6.45) is -12.1. The van der Waals surface area contributed by atoms with Crippen molar-refractivity contribution >= 4 is 27.2 Å². The number of ether oxygens (including phenoxy) is 2. The van der Waals surface area contributed by atoms with Crippen LogP contribution in [0.1, 0.15) is 13.8 Å². The van der Waals surface area contributed by atoms with Crippen molar-refractivity contribution in [1.82, 2.24) is 9.56 Å². The Kier molecular flexibility index (Phi) is 11.6. The van der Waals surface area contributed by atoms with Crippen molar-refractivity contribution < 1.29 is 67.3 Å². The predicted octanol–water partition coefficient (Wildman–Crippen LogP) is -5.29. The highest BCUT2D eigenvalue weighted by Crippen LogP contribution is 2.34. The number of benzene rings is 2. The van der Waals surface area contributed by atoms with Gasteiger partial charge in [0, 0.05) is 31.8 Å². The quantitative estimate of drug-likeness (QED) is 0.0856. The average molecular weight is 717 g/mol. The van der Waals surface area contributed by atoms with Gasteiger partial charge in [-0.3, -0.25) is 0 Å². The van der Waals surface area contributed by atoms with Crippen LogP contribution in [0.15, 0.2) is 36.4 Å². The van der Waals surface area contributed by atoms with Gasteiger partial charge in [0.2, 0.25) is 5.36 Å². The van der Waals surface area contributed by atoms with Gasteiger partial charge in [-0.15, -0.1) is 11.3 Å². The Hall–Kier alpha value is -1.86. The van der Waals surface area contributed by atoms with E-state index in [1.807, 2.05) is 73.8 Å². The monoisotopic (exact) mass is 715 g/mol. The molecular formula is C30H42BrN3O10S. The number of halogens is 1. The zero-order valence-electron chi connectivity index (χ0n) is 25.3. The molecule has 12 atom stereocenters. The van der Waals surface area contributed by atoms with Crippen molar-refractivity contribution in [1.29, 1.82) is 0 Å². The summed E-state index contributed by atoms with van der Waals surface area (Å²) in [6.45, 7) is 2.68. The highest BCUT2D eigenvalue weighted by molar-refractivity contribution is 7.21. The van der Waals surface area contributed by atoms with Gasteiger partial charge in [0.1, 0.15) is 68.1 Å². The molecule has 15 heteroatoms. The van der Waals surface area contributed by atoms with Crippen molar-refractivity contribution in [2.24, 2.45) is 0 Å². The molecule has 2 unspecified atom stereocenters. The molecular weight excluding hydrogens is 674 g/mol. The number of rotatable bonds is 7. The summed E-state index contributed by atoms with van der Waals surface area (Å²) in [5.41, 5.74) is 2.38. The minimum Gasteiger partial charge on any atom is -1.00 e. The van der Waals surface area contributed by atoms with Gasteiger partial charge >= 0.3 is 0 Å². The van der Waals surface area contributed by atoms with E-state index in [0.717, 1.165) is 31.8 Å². The predicted molar refractivity (Wildman–Crippen MR) is 162 cm³/mol. The molecule has 2 fully saturated rings. The summed E-state index contributed by atoms with van der Waals surface area (Å²) in [6, 6.07) is 10.7. The van der Waals surface area contributed by atoms with Crippen molar-refractivity contribution in [3.05, 3.63) is 41.8 Å². The maximum Gasteiger partial charge on any atom is 0.201 e. The molecule has 3 heterocycles. The third-order valence-electron chi connectivity index (χ3n) is 9.19. The van der Waals surface area contributed by atoms with Crippen LogP contribution < -0.4 is 31.8 Å². The molecule has 1 aromatic carbocycles. The molecule has 0 spiro atoms. The number of hydrogen-bond donors (Lipinski definition) is 8. The number of fused-ring (bicyclic) bond motifs is 2. The first-order valence-electron chi connectivity index (χ1n) is 14.6. The fraction of sp³-hybridized carbons (Fsp3) is 0.600. The molecule has 13 nitrogen and oxygen atoms in total. The molecule has 0 aromatic heterocycles. The molecule has 0 bridgehead atoms. The molecule has 0 amide bonds. The van der Waals surface area contributed by atoms with E-state index in [4.69, 9.17) is 14.5 Å². The van der Waals surface area contributed by atoms with Crippen molar-refractivity contribution in [3.63, 3.8) is 0 Å². The van der Waals surface area contributed by atoms with Crippen LogP contribution in [-0.4, -0.2) is 146 Å². The minimum atomic E-state index is -1.45. The van der Waals surface area contributed by atoms with Crippen LogP contribution in [0.2, 0.25) is 0 Å². The van der Waals surface area contributed by atoms with Gasteiger partial charge in [0.05, 0.1) is 40.0 Å². The number of hydrogen-bond acceptors (Lipinski definition) is 13. The first-order chi connectivity index (χ1) is 20.9. The second kappa shape index (κ2) is 14.5. The standard InChI is InChI=1S/C30H42N3O10S.BrH/c1-13(29-27(40)25(38)23(36)19(11-34)42-29)32(3)15-5-7-17-21(9-15)44-22-10-16(6-8-18(22)31-17)33(4)14(2)30-28(41)26(39)24(37)20(12-35)43-30;/h5-10,13-14,19-20,23-30,34-41H,11-12H2,1-4H3;1H/q+1;/p-1/t13?,14?,19-,20-,23-,24-,25+,26+,27-,28-,29+,30+;/m1./s1. The van der Waals surface area contributed by atoms with Crippen molar-refractivity contribution in [3.8, 4) is 10.6 Å². The number of anilines is 1. The minimum absolute atomic E-state index is 0. The normalized spacial score (nSPS) is 34.2. The van der Waals surface area contributed by atoms with Crippen LogP contribution in [0.25, 0.3) is 20.8 Å². The molecule has 2 saturated heterocycles. The van der Waals surface area contributed by atoms with E-state index in [1.165, 1.54) is 11.3 Å². The molecule has 250 valence electrons. The zero-order valence-corrected chi connectivity index (χ0v) is 27.7. The summed E-state index contributed by atoms with van der Waals surface area (Å²) in [5, 5.41) is 82.1. The lowest BCUT2D eigenvalue weighted by Crippen LogP contribution is -3.00. The summed E-state index contributed by atoms with van der Waals surface area (Å²) in [4.78, 5) is 7.61. The Balaban J connectivity index is 0.00000461. The topological polar surface area (TPSA) is 199 Å². The van der Waals surface area contributed by atoms with E-state index in [1.54, 1.807) is 0 Å². The maximum atomic E-state index is 10.6. The molecule has 8 N–H and O–H groups in total. The smallest absolute Gasteiger partial charge is 0.201 e. The summed E-state index contributed by atoms with van der Waals surface area (Å²) >= 11 is 1.53. The molecule has 4 aliphatic rings. The second-order valence-corrected chi connectivity index (χ2v) is 12.9. The van der Waals surface area contributed by atoms with Gasteiger partial charge in [-0.25, -0.2) is 9.56 Å². The van der Waals surface area contributed by atoms with Gasteiger partial charge in [0.25, 0.3) is 0 Å². The fourth-order valence-corrected chi connectivity index (χ4v) is 7.04. The lowest BCUT2D eigenvalue weighted by atomic mass is 9.91. The van der Waals surface area contributed by atoms with Crippen molar-refractivity contribution in [2.75, 3.05) is 32.2 Å². The maximum absolute atomic E-state index is 10.6. The first kappa shape index (κ1) is 36.0. The number of nitrogens with zero attached hydrogens (tertiary/aromatic N) is 3. The van der Waals surface area contributed by atoms with Crippen LogP contribution in [0, 0.1) is 0 Å².